The summed E-state index contributed by atoms with van der Waals surface area (Å²) >= 11 is 0. The average Bonchev–Trinajstić information content (AvgIpc) is 2.77. The Balaban J connectivity index is 2.52. The van der Waals surface area contributed by atoms with E-state index in [1.54, 1.807) is 45.0 Å². The first-order valence-electron chi connectivity index (χ1n) is 7.22. The Kier molecular flexibility index (Phi) is 4.38. The predicted molar refractivity (Wildman–Crippen MR) is 85.2 cm³/mol. The fraction of sp³-hybridized carbons (Fsp3) is 0.353. The molecule has 0 bridgehead atoms. The molecule has 1 heterocycles. The van der Waals surface area contributed by atoms with Gasteiger partial charge in [0.25, 0.3) is 11.5 Å². The molecule has 1 N–H and O–H groups in total. The van der Waals surface area contributed by atoms with Crippen LogP contribution in [0.25, 0.3) is 0 Å². The zero-order chi connectivity index (χ0) is 18.1. The molecule has 0 fully saturated rings. The fourth-order valence-corrected chi connectivity index (χ4v) is 2.36. The molecule has 1 aliphatic heterocycles. The van der Waals surface area contributed by atoms with Gasteiger partial charge in [0.2, 0.25) is 0 Å². The number of para-hydroxylation sites is 1. The van der Waals surface area contributed by atoms with Gasteiger partial charge in [-0.25, -0.2) is 9.59 Å². The van der Waals surface area contributed by atoms with Gasteiger partial charge in [0.1, 0.15) is 5.60 Å². The van der Waals surface area contributed by atoms with E-state index in [0.29, 0.717) is 5.69 Å². The van der Waals surface area contributed by atoms with Crippen molar-refractivity contribution in [1.82, 2.24) is 0 Å². The fourth-order valence-electron chi connectivity index (χ4n) is 2.36. The molecule has 0 saturated carbocycles. The maximum Gasteiger partial charge on any atom is 0.510 e. The van der Waals surface area contributed by atoms with Gasteiger partial charge in [-0.3, -0.25) is 4.79 Å². The second-order valence-electron chi connectivity index (χ2n) is 6.22. The largest absolute Gasteiger partial charge is 0.510 e. The number of ether oxygens (including phenoxy) is 3. The van der Waals surface area contributed by atoms with E-state index < -0.39 is 29.2 Å². The van der Waals surface area contributed by atoms with Crippen molar-refractivity contribution >= 4 is 23.7 Å². The summed E-state index contributed by atoms with van der Waals surface area (Å²) in [7, 11) is 1.15. The van der Waals surface area contributed by atoms with E-state index in [4.69, 9.17) is 9.47 Å². The predicted octanol–water partition coefficient (Wildman–Crippen LogP) is 2.51. The van der Waals surface area contributed by atoms with Crippen molar-refractivity contribution in [3.63, 3.8) is 0 Å². The topological polar surface area (TPSA) is 90.9 Å². The normalized spacial score (nSPS) is 19.1. The number of esters is 1. The van der Waals surface area contributed by atoms with Gasteiger partial charge in [0.15, 0.2) is 0 Å². The number of carbonyl (C=O) groups is 3. The lowest BCUT2D eigenvalue weighted by Crippen LogP contribution is -2.44. The molecule has 1 aromatic rings. The molecular weight excluding hydrogens is 314 g/mol. The van der Waals surface area contributed by atoms with Crippen LogP contribution in [0.2, 0.25) is 0 Å². The van der Waals surface area contributed by atoms with Crippen molar-refractivity contribution in [3.05, 3.63) is 42.0 Å². The number of fused-ring (bicyclic) bond motifs is 1. The molecule has 1 aliphatic rings. The molecule has 1 unspecified atom stereocenters. The van der Waals surface area contributed by atoms with Crippen LogP contribution in [0.1, 0.15) is 26.3 Å². The van der Waals surface area contributed by atoms with E-state index in [1.807, 2.05) is 0 Å². The van der Waals surface area contributed by atoms with E-state index in [1.165, 1.54) is 0 Å². The summed E-state index contributed by atoms with van der Waals surface area (Å²) in [4.78, 5) is 36.8. The summed E-state index contributed by atoms with van der Waals surface area (Å²) in [5.74, 6) is -1.59. The summed E-state index contributed by atoms with van der Waals surface area (Å²) in [5.41, 5.74) is -2.49. The van der Waals surface area contributed by atoms with Crippen molar-refractivity contribution < 1.29 is 28.6 Å². The first kappa shape index (κ1) is 17.5. The van der Waals surface area contributed by atoms with Gasteiger partial charge < -0.3 is 19.5 Å². The van der Waals surface area contributed by atoms with Crippen LogP contribution in [0.15, 0.2) is 36.4 Å². The number of hydrogen-bond donors (Lipinski definition) is 1. The maximum absolute atomic E-state index is 12.6. The van der Waals surface area contributed by atoms with Crippen LogP contribution in [0.4, 0.5) is 10.5 Å². The van der Waals surface area contributed by atoms with Crippen LogP contribution in [0, 0.1) is 0 Å². The second-order valence-corrected chi connectivity index (χ2v) is 6.22. The van der Waals surface area contributed by atoms with Gasteiger partial charge >= 0.3 is 12.1 Å². The quantitative estimate of drug-likeness (QED) is 0.675. The van der Waals surface area contributed by atoms with E-state index in [9.17, 15) is 14.4 Å². The molecule has 0 saturated heterocycles. The van der Waals surface area contributed by atoms with Crippen LogP contribution in [-0.2, 0) is 29.4 Å². The molecule has 128 valence electrons. The zero-order valence-corrected chi connectivity index (χ0v) is 14.0. The van der Waals surface area contributed by atoms with Gasteiger partial charge in [-0.05, 0) is 26.8 Å². The van der Waals surface area contributed by atoms with Gasteiger partial charge in [-0.1, -0.05) is 24.8 Å². The zero-order valence-electron chi connectivity index (χ0n) is 14.0. The van der Waals surface area contributed by atoms with Crippen LogP contribution in [0.5, 0.6) is 0 Å². The molecule has 7 nitrogen and oxygen atoms in total. The molecule has 1 amide bonds. The van der Waals surface area contributed by atoms with Crippen molar-refractivity contribution in [2.24, 2.45) is 0 Å². The molecule has 0 radical (unpaired) electrons. The van der Waals surface area contributed by atoms with Crippen LogP contribution >= 0.6 is 0 Å². The number of methoxy groups -OCH3 is 1. The Bertz CT molecular complexity index is 718. The van der Waals surface area contributed by atoms with Gasteiger partial charge in [-0.2, -0.15) is 0 Å². The van der Waals surface area contributed by atoms with E-state index in [-0.39, 0.29) is 11.1 Å². The van der Waals surface area contributed by atoms with Crippen molar-refractivity contribution in [3.8, 4) is 0 Å². The number of hydrogen-bond acceptors (Lipinski definition) is 6. The Hall–Kier alpha value is -2.83. The van der Waals surface area contributed by atoms with Gasteiger partial charge in [-0.15, -0.1) is 0 Å². The lowest BCUT2D eigenvalue weighted by atomic mass is 9.87. The van der Waals surface area contributed by atoms with Gasteiger partial charge in [0.05, 0.1) is 12.7 Å². The summed E-state index contributed by atoms with van der Waals surface area (Å²) in [5, 5.41) is 2.58. The number of rotatable bonds is 3. The number of amides is 1. The number of benzene rings is 1. The maximum atomic E-state index is 12.6. The molecular formula is C17H19NO6. The van der Waals surface area contributed by atoms with E-state index >= 15 is 0 Å². The third kappa shape index (κ3) is 2.97. The molecule has 0 aliphatic carbocycles. The van der Waals surface area contributed by atoms with Crippen LogP contribution in [-0.4, -0.2) is 30.7 Å². The first-order chi connectivity index (χ1) is 11.1. The monoisotopic (exact) mass is 333 g/mol. The first-order valence-corrected chi connectivity index (χ1v) is 7.22. The minimum Gasteiger partial charge on any atom is -0.466 e. The minimum absolute atomic E-state index is 0.288. The van der Waals surface area contributed by atoms with Crippen LogP contribution in [0.3, 0.4) is 0 Å². The summed E-state index contributed by atoms with van der Waals surface area (Å²) in [6, 6.07) is 6.53. The smallest absolute Gasteiger partial charge is 0.466 e. The molecule has 1 atom stereocenters. The van der Waals surface area contributed by atoms with E-state index in [0.717, 1.165) is 7.11 Å². The number of nitrogens with one attached hydrogen (secondary N) is 1. The highest BCUT2D eigenvalue weighted by molar-refractivity contribution is 6.13. The van der Waals surface area contributed by atoms with E-state index in [2.05, 4.69) is 16.6 Å². The highest BCUT2D eigenvalue weighted by atomic mass is 16.7. The molecule has 1 aromatic carbocycles. The Labute approximate surface area is 139 Å². The third-order valence-corrected chi connectivity index (χ3v) is 3.36. The molecule has 24 heavy (non-hydrogen) atoms. The third-order valence-electron chi connectivity index (χ3n) is 3.36. The molecule has 2 rings (SSSR count). The van der Waals surface area contributed by atoms with Crippen molar-refractivity contribution in [2.45, 2.75) is 32.0 Å². The van der Waals surface area contributed by atoms with Crippen molar-refractivity contribution in [1.29, 1.82) is 0 Å². The lowest BCUT2D eigenvalue weighted by molar-refractivity contribution is -0.146. The average molecular weight is 333 g/mol. The van der Waals surface area contributed by atoms with Gasteiger partial charge in [0, 0.05) is 11.3 Å². The second kappa shape index (κ2) is 5.99. The molecule has 7 heteroatoms. The van der Waals surface area contributed by atoms with Crippen LogP contribution < -0.4 is 5.32 Å². The highest BCUT2D eigenvalue weighted by Gasteiger charge is 2.56. The summed E-state index contributed by atoms with van der Waals surface area (Å²) < 4.78 is 15.1. The Morgan fingerprint density at radius 1 is 1.21 bits per heavy atom. The number of carbonyl (C=O) groups excluding carboxylic acids is 3. The van der Waals surface area contributed by atoms with Crippen molar-refractivity contribution in [2.75, 3.05) is 12.4 Å². The SMILES string of the molecule is C=C(C(=O)OC)C1(OC(=O)OC(C)(C)C)C(=O)Nc2ccccc21. The summed E-state index contributed by atoms with van der Waals surface area (Å²) in [6.07, 6.45) is -1.10. The lowest BCUT2D eigenvalue weighted by Gasteiger charge is -2.29. The molecule has 0 spiro atoms. The molecule has 0 aromatic heterocycles. The standard InChI is InChI=1S/C17H19NO6/c1-10(13(19)22-5)17(24-15(21)23-16(2,3)4)11-8-6-7-9-12(11)18-14(17)20/h6-9H,1H2,2-5H3,(H,18,20). The summed E-state index contributed by atoms with van der Waals surface area (Å²) in [6.45, 7) is 8.56. The Morgan fingerprint density at radius 2 is 1.83 bits per heavy atom. The Morgan fingerprint density at radius 3 is 2.42 bits per heavy atom. The highest BCUT2D eigenvalue weighted by Crippen LogP contribution is 2.44. The number of anilines is 1. The minimum atomic E-state index is -2.04.